The first-order valence-corrected chi connectivity index (χ1v) is 6.37. The normalized spacial score (nSPS) is 12.4. The minimum absolute atomic E-state index is 0.0156. The quantitative estimate of drug-likeness (QED) is 0.895. The van der Waals surface area contributed by atoms with E-state index in [9.17, 15) is 4.79 Å². The topological polar surface area (TPSA) is 70.7 Å². The van der Waals surface area contributed by atoms with Crippen molar-refractivity contribution in [2.45, 2.75) is 19.4 Å². The Labute approximate surface area is 107 Å². The Hall–Kier alpha value is -1.40. The van der Waals surface area contributed by atoms with Gasteiger partial charge in [0.2, 0.25) is 0 Å². The van der Waals surface area contributed by atoms with E-state index in [-0.39, 0.29) is 16.6 Å². The van der Waals surface area contributed by atoms with Crippen LogP contribution in [-0.2, 0) is 0 Å². The summed E-state index contributed by atoms with van der Waals surface area (Å²) in [4.78, 5) is 22.0. The lowest BCUT2D eigenvalue weighted by atomic mass is 10.2. The molecule has 0 aliphatic heterocycles. The monoisotopic (exact) mass is 270 g/mol. The molecule has 0 amide bonds. The molecule has 0 bridgehead atoms. The molecule has 2 heterocycles. The van der Waals surface area contributed by atoms with E-state index in [1.807, 2.05) is 12.3 Å². The Balaban J connectivity index is 2.25. The summed E-state index contributed by atoms with van der Waals surface area (Å²) in [6.45, 7) is 2.03. The third-order valence-electron chi connectivity index (χ3n) is 2.27. The van der Waals surface area contributed by atoms with Crippen molar-refractivity contribution in [3.8, 4) is 0 Å². The molecular formula is C10H11ClN4OS. The van der Waals surface area contributed by atoms with E-state index in [4.69, 9.17) is 11.6 Å². The fourth-order valence-corrected chi connectivity index (χ4v) is 2.32. The van der Waals surface area contributed by atoms with Crippen molar-refractivity contribution in [3.05, 3.63) is 38.3 Å². The van der Waals surface area contributed by atoms with Crippen molar-refractivity contribution in [1.29, 1.82) is 0 Å². The number of hydrogen-bond acceptors (Lipinski definition) is 5. The van der Waals surface area contributed by atoms with Crippen molar-refractivity contribution in [2.24, 2.45) is 0 Å². The molecule has 0 saturated heterocycles. The zero-order valence-corrected chi connectivity index (χ0v) is 10.7. The van der Waals surface area contributed by atoms with E-state index in [1.165, 1.54) is 6.33 Å². The maximum absolute atomic E-state index is 11.3. The maximum atomic E-state index is 11.3. The van der Waals surface area contributed by atoms with E-state index in [0.717, 1.165) is 11.4 Å². The van der Waals surface area contributed by atoms with Crippen LogP contribution < -0.4 is 10.9 Å². The number of H-pyrrole nitrogens is 1. The molecule has 0 saturated carbocycles. The molecule has 1 unspecified atom stereocenters. The van der Waals surface area contributed by atoms with Crippen LogP contribution in [0.15, 0.2) is 22.7 Å². The molecule has 2 N–H and O–H groups in total. The van der Waals surface area contributed by atoms with Gasteiger partial charge in [0.25, 0.3) is 5.56 Å². The highest BCUT2D eigenvalue weighted by molar-refractivity contribution is 7.09. The van der Waals surface area contributed by atoms with Gasteiger partial charge in [-0.2, -0.15) is 0 Å². The SMILES string of the molecule is CCC(Nc1nc[nH]c(=O)c1Cl)c1nccs1. The average Bonchev–Trinajstić information content (AvgIpc) is 2.85. The molecule has 1 atom stereocenters. The Kier molecular flexibility index (Phi) is 3.75. The zero-order valence-electron chi connectivity index (χ0n) is 9.11. The molecule has 0 aromatic carbocycles. The predicted octanol–water partition coefficient (Wildman–Crippen LogP) is 2.44. The van der Waals surface area contributed by atoms with E-state index in [1.54, 1.807) is 17.5 Å². The molecule has 5 nitrogen and oxygen atoms in total. The first kappa shape index (κ1) is 12.1. The average molecular weight is 271 g/mol. The van der Waals surface area contributed by atoms with E-state index >= 15 is 0 Å². The fraction of sp³-hybridized carbons (Fsp3) is 0.300. The number of halogens is 1. The lowest BCUT2D eigenvalue weighted by Crippen LogP contribution is -2.15. The van der Waals surface area contributed by atoms with Gasteiger partial charge < -0.3 is 10.3 Å². The lowest BCUT2D eigenvalue weighted by molar-refractivity contribution is 0.736. The number of anilines is 1. The van der Waals surface area contributed by atoms with Crippen LogP contribution in [0.4, 0.5) is 5.82 Å². The van der Waals surface area contributed by atoms with Gasteiger partial charge in [-0.1, -0.05) is 18.5 Å². The second kappa shape index (κ2) is 5.29. The standard InChI is InChI=1S/C10H11ClN4OS/c1-2-6(10-12-3-4-17-10)15-8-7(11)9(16)14-5-13-8/h3-6H,2H2,1H3,(H2,13,14,15,16). The number of thiazole rings is 1. The van der Waals surface area contributed by atoms with Crippen LogP contribution >= 0.6 is 22.9 Å². The van der Waals surface area contributed by atoms with Crippen molar-refractivity contribution in [2.75, 3.05) is 5.32 Å². The van der Waals surface area contributed by atoms with E-state index in [2.05, 4.69) is 20.3 Å². The van der Waals surface area contributed by atoms with Crippen LogP contribution in [0.5, 0.6) is 0 Å². The first-order chi connectivity index (χ1) is 8.22. The Morgan fingerprint density at radius 3 is 3.06 bits per heavy atom. The summed E-state index contributed by atoms with van der Waals surface area (Å²) in [5.41, 5.74) is -0.349. The van der Waals surface area contributed by atoms with Crippen LogP contribution in [0.2, 0.25) is 5.02 Å². The summed E-state index contributed by atoms with van der Waals surface area (Å²) in [6.07, 6.45) is 3.90. The number of nitrogens with zero attached hydrogens (tertiary/aromatic N) is 2. The molecule has 0 aliphatic rings. The lowest BCUT2D eigenvalue weighted by Gasteiger charge is -2.15. The van der Waals surface area contributed by atoms with Crippen molar-refractivity contribution >= 4 is 28.8 Å². The molecule has 2 rings (SSSR count). The summed E-state index contributed by atoms with van der Waals surface area (Å²) in [5.74, 6) is 0.387. The van der Waals surface area contributed by atoms with Gasteiger partial charge >= 0.3 is 0 Å². The van der Waals surface area contributed by atoms with E-state index in [0.29, 0.717) is 5.82 Å². The number of rotatable bonds is 4. The summed E-state index contributed by atoms with van der Waals surface area (Å²) in [7, 11) is 0. The molecule has 2 aromatic rings. The van der Waals surface area contributed by atoms with Crippen molar-refractivity contribution in [3.63, 3.8) is 0 Å². The number of aromatic amines is 1. The summed E-state index contributed by atoms with van der Waals surface area (Å²) >= 11 is 7.42. The van der Waals surface area contributed by atoms with Gasteiger partial charge in [0.15, 0.2) is 5.82 Å². The van der Waals surface area contributed by atoms with Crippen LogP contribution in [0.1, 0.15) is 24.4 Å². The summed E-state index contributed by atoms with van der Waals surface area (Å²) < 4.78 is 0. The zero-order chi connectivity index (χ0) is 12.3. The smallest absolute Gasteiger partial charge is 0.271 e. The number of aromatic nitrogens is 3. The van der Waals surface area contributed by atoms with Crippen molar-refractivity contribution in [1.82, 2.24) is 15.0 Å². The minimum Gasteiger partial charge on any atom is -0.359 e. The predicted molar refractivity (Wildman–Crippen MR) is 68.6 cm³/mol. The largest absolute Gasteiger partial charge is 0.359 e. The summed E-state index contributed by atoms with van der Waals surface area (Å²) in [5, 5.41) is 6.06. The van der Waals surface area contributed by atoms with Gasteiger partial charge in [-0.3, -0.25) is 4.79 Å². The van der Waals surface area contributed by atoms with Gasteiger partial charge in [0, 0.05) is 11.6 Å². The van der Waals surface area contributed by atoms with E-state index < -0.39 is 0 Å². The first-order valence-electron chi connectivity index (χ1n) is 5.11. The maximum Gasteiger partial charge on any atom is 0.271 e. The minimum atomic E-state index is -0.349. The third kappa shape index (κ3) is 2.65. The third-order valence-corrected chi connectivity index (χ3v) is 3.51. The number of nitrogens with one attached hydrogen (secondary N) is 2. The molecule has 17 heavy (non-hydrogen) atoms. The molecule has 0 radical (unpaired) electrons. The second-order valence-corrected chi connectivity index (χ2v) is 4.67. The molecule has 0 spiro atoms. The van der Waals surface area contributed by atoms with Crippen LogP contribution in [0.25, 0.3) is 0 Å². The summed E-state index contributed by atoms with van der Waals surface area (Å²) in [6, 6.07) is 0.0156. The molecule has 90 valence electrons. The van der Waals surface area contributed by atoms with Crippen LogP contribution in [-0.4, -0.2) is 15.0 Å². The van der Waals surface area contributed by atoms with Gasteiger partial charge in [-0.15, -0.1) is 11.3 Å². The van der Waals surface area contributed by atoms with Gasteiger partial charge in [0.05, 0.1) is 12.4 Å². The molecule has 7 heteroatoms. The molecular weight excluding hydrogens is 260 g/mol. The Bertz CT molecular complexity index is 539. The van der Waals surface area contributed by atoms with Gasteiger partial charge in [-0.25, -0.2) is 9.97 Å². The molecule has 0 fully saturated rings. The Morgan fingerprint density at radius 1 is 1.59 bits per heavy atom. The fourth-order valence-electron chi connectivity index (χ4n) is 1.39. The number of hydrogen-bond donors (Lipinski definition) is 2. The van der Waals surface area contributed by atoms with Gasteiger partial charge in [-0.05, 0) is 6.42 Å². The van der Waals surface area contributed by atoms with Crippen molar-refractivity contribution < 1.29 is 0 Å². The van der Waals surface area contributed by atoms with Crippen LogP contribution in [0, 0.1) is 0 Å². The van der Waals surface area contributed by atoms with Crippen LogP contribution in [0.3, 0.4) is 0 Å². The Morgan fingerprint density at radius 2 is 2.41 bits per heavy atom. The highest BCUT2D eigenvalue weighted by atomic mass is 35.5. The molecule has 0 aliphatic carbocycles. The molecule has 2 aromatic heterocycles. The highest BCUT2D eigenvalue weighted by Crippen LogP contribution is 2.25. The second-order valence-electron chi connectivity index (χ2n) is 3.37. The highest BCUT2D eigenvalue weighted by Gasteiger charge is 2.15. The van der Waals surface area contributed by atoms with Gasteiger partial charge in [0.1, 0.15) is 10.0 Å².